The normalized spacial score (nSPS) is 19.2. The lowest BCUT2D eigenvalue weighted by Gasteiger charge is -2.26. The molecule has 1 heterocycles. The largest absolute Gasteiger partial charge is 0.508 e. The summed E-state index contributed by atoms with van der Waals surface area (Å²) in [4.78, 5) is 28.8. The third-order valence-electron chi connectivity index (χ3n) is 7.30. The Hall–Kier alpha value is -2.90. The van der Waals surface area contributed by atoms with Crippen molar-refractivity contribution in [1.29, 1.82) is 0 Å². The number of rotatable bonds is 10. The second-order valence-corrected chi connectivity index (χ2v) is 9.86. The molecule has 1 atom stereocenters. The van der Waals surface area contributed by atoms with Crippen molar-refractivity contribution in [2.24, 2.45) is 5.73 Å². The van der Waals surface area contributed by atoms with E-state index in [0.717, 1.165) is 85.2 Å². The molecule has 0 aromatic heterocycles. The average Bonchev–Trinajstić information content (AvgIpc) is 3.17. The summed E-state index contributed by atoms with van der Waals surface area (Å²) in [6.45, 7) is 13.4. The van der Waals surface area contributed by atoms with Crippen molar-refractivity contribution in [3.8, 4) is 5.75 Å². The van der Waals surface area contributed by atoms with Crippen molar-refractivity contribution < 1.29 is 14.7 Å². The summed E-state index contributed by atoms with van der Waals surface area (Å²) in [5, 5.41) is 16.1. The first kappa shape index (κ1) is 27.7. The summed E-state index contributed by atoms with van der Waals surface area (Å²) < 4.78 is 0. The number of aromatic hydroxyl groups is 1. The van der Waals surface area contributed by atoms with Gasteiger partial charge in [0.2, 0.25) is 0 Å². The highest BCUT2D eigenvalue weighted by molar-refractivity contribution is 6.32. The maximum atomic E-state index is 13.6. The van der Waals surface area contributed by atoms with E-state index in [2.05, 4.69) is 36.3 Å². The van der Waals surface area contributed by atoms with Gasteiger partial charge in [-0.25, -0.2) is 0 Å². The SMILES string of the molecule is CCC/C(C)=C(/C(=O)NCC(N)CN(CC)CC)C1=C(C)/C(=C2\C(=O)Nc3ccc(O)cc32)CCC1. The van der Waals surface area contributed by atoms with Gasteiger partial charge in [0.05, 0.1) is 5.57 Å². The Labute approximate surface area is 215 Å². The van der Waals surface area contributed by atoms with Gasteiger partial charge in [0.25, 0.3) is 11.8 Å². The van der Waals surface area contributed by atoms with Crippen molar-refractivity contribution in [2.45, 2.75) is 72.8 Å². The number of likely N-dealkylation sites (N-methyl/N-ethyl adjacent to an activating group) is 1. The number of nitrogens with one attached hydrogen (secondary N) is 2. The molecule has 0 fully saturated rings. The summed E-state index contributed by atoms with van der Waals surface area (Å²) in [7, 11) is 0. The molecular weight excluding hydrogens is 452 g/mol. The van der Waals surface area contributed by atoms with Gasteiger partial charge in [0.15, 0.2) is 0 Å². The first-order chi connectivity index (χ1) is 17.2. The van der Waals surface area contributed by atoms with Crippen LogP contribution in [0, 0.1) is 0 Å². The van der Waals surface area contributed by atoms with E-state index in [9.17, 15) is 14.7 Å². The van der Waals surface area contributed by atoms with Crippen LogP contribution in [-0.2, 0) is 9.59 Å². The molecule has 0 bridgehead atoms. The maximum Gasteiger partial charge on any atom is 0.256 e. The van der Waals surface area contributed by atoms with Gasteiger partial charge in [0.1, 0.15) is 5.75 Å². The van der Waals surface area contributed by atoms with E-state index in [0.29, 0.717) is 17.8 Å². The number of benzene rings is 1. The second kappa shape index (κ2) is 12.4. The molecule has 1 aliphatic carbocycles. The average molecular weight is 495 g/mol. The molecule has 2 amide bonds. The Morgan fingerprint density at radius 2 is 1.94 bits per heavy atom. The predicted molar refractivity (Wildman–Crippen MR) is 147 cm³/mol. The zero-order valence-corrected chi connectivity index (χ0v) is 22.5. The van der Waals surface area contributed by atoms with E-state index in [1.165, 1.54) is 0 Å². The first-order valence-corrected chi connectivity index (χ1v) is 13.3. The van der Waals surface area contributed by atoms with E-state index >= 15 is 0 Å². The number of nitrogens with zero attached hydrogens (tertiary/aromatic N) is 1. The lowest BCUT2D eigenvalue weighted by Crippen LogP contribution is -2.45. The highest BCUT2D eigenvalue weighted by Gasteiger charge is 2.31. The van der Waals surface area contributed by atoms with E-state index in [1.807, 2.05) is 13.8 Å². The number of allylic oxidation sites excluding steroid dienone is 3. The monoisotopic (exact) mass is 494 g/mol. The van der Waals surface area contributed by atoms with Crippen LogP contribution in [0.1, 0.15) is 72.3 Å². The van der Waals surface area contributed by atoms with E-state index < -0.39 is 0 Å². The van der Waals surface area contributed by atoms with Crippen molar-refractivity contribution >= 4 is 23.1 Å². The lowest BCUT2D eigenvalue weighted by molar-refractivity contribution is -0.117. The molecule has 0 saturated heterocycles. The van der Waals surface area contributed by atoms with Crippen LogP contribution in [-0.4, -0.2) is 54.0 Å². The van der Waals surface area contributed by atoms with Gasteiger partial charge in [-0.3, -0.25) is 9.59 Å². The van der Waals surface area contributed by atoms with E-state index in [4.69, 9.17) is 5.73 Å². The maximum absolute atomic E-state index is 13.6. The summed E-state index contributed by atoms with van der Waals surface area (Å²) >= 11 is 0. The Balaban J connectivity index is 1.98. The number of fused-ring (bicyclic) bond motifs is 1. The molecule has 5 N–H and O–H groups in total. The number of nitrogens with two attached hydrogens (primary N) is 1. The third kappa shape index (κ3) is 6.08. The molecule has 196 valence electrons. The summed E-state index contributed by atoms with van der Waals surface area (Å²) in [5.41, 5.74) is 13.1. The van der Waals surface area contributed by atoms with Gasteiger partial charge in [-0.15, -0.1) is 0 Å². The molecule has 1 aromatic rings. The Morgan fingerprint density at radius 3 is 2.61 bits per heavy atom. The van der Waals surface area contributed by atoms with Gasteiger partial charge < -0.3 is 26.4 Å². The minimum atomic E-state index is -0.158. The molecule has 0 saturated carbocycles. The van der Waals surface area contributed by atoms with Gasteiger partial charge in [-0.1, -0.05) is 32.8 Å². The lowest BCUT2D eigenvalue weighted by atomic mass is 9.79. The summed E-state index contributed by atoms with van der Waals surface area (Å²) in [6, 6.07) is 4.79. The smallest absolute Gasteiger partial charge is 0.256 e. The topological polar surface area (TPSA) is 108 Å². The Bertz CT molecular complexity index is 1100. The molecule has 1 aliphatic heterocycles. The van der Waals surface area contributed by atoms with Crippen LogP contribution in [0.4, 0.5) is 5.69 Å². The molecule has 3 rings (SSSR count). The van der Waals surface area contributed by atoms with Crippen LogP contribution >= 0.6 is 0 Å². The number of anilines is 1. The molecular formula is C29H42N4O3. The zero-order valence-electron chi connectivity index (χ0n) is 22.5. The van der Waals surface area contributed by atoms with Crippen molar-refractivity contribution in [2.75, 3.05) is 31.5 Å². The number of hydrogen-bond acceptors (Lipinski definition) is 5. The summed E-state index contributed by atoms with van der Waals surface area (Å²) in [6.07, 6.45) is 4.16. The number of phenols is 1. The third-order valence-corrected chi connectivity index (χ3v) is 7.30. The molecule has 1 aromatic carbocycles. The van der Waals surface area contributed by atoms with Crippen molar-refractivity contribution in [3.63, 3.8) is 0 Å². The molecule has 0 radical (unpaired) electrons. The van der Waals surface area contributed by atoms with Crippen LogP contribution in [0.25, 0.3) is 5.57 Å². The second-order valence-electron chi connectivity index (χ2n) is 9.86. The van der Waals surface area contributed by atoms with Crippen molar-refractivity contribution in [3.05, 3.63) is 51.6 Å². The van der Waals surface area contributed by atoms with E-state index in [1.54, 1.807) is 18.2 Å². The number of phenolic OH excluding ortho intramolecular Hbond substituents is 1. The number of carbonyl (C=O) groups is 2. The summed E-state index contributed by atoms with van der Waals surface area (Å²) in [5.74, 6) is -0.125. The van der Waals surface area contributed by atoms with Crippen molar-refractivity contribution in [1.82, 2.24) is 10.2 Å². The first-order valence-electron chi connectivity index (χ1n) is 13.3. The van der Waals surface area contributed by atoms with E-state index in [-0.39, 0.29) is 23.6 Å². The number of hydrogen-bond donors (Lipinski definition) is 4. The quantitative estimate of drug-likeness (QED) is 0.283. The van der Waals surface area contributed by atoms with Crippen LogP contribution in [0.2, 0.25) is 0 Å². The fraction of sp³-hybridized carbons (Fsp3) is 0.517. The standard InChI is InChI=1S/C29H42N4O3/c1-6-10-18(4)26(28(35)31-16-20(30)17-33(7-2)8-3)22-11-9-12-23(19(22)5)27-24-15-21(34)13-14-25(24)32-29(27)36/h13-15,20,34H,6-12,16-17,30H2,1-5H3,(H,31,35)(H,32,36)/b26-18+,27-23-. The Kier molecular flexibility index (Phi) is 9.51. The highest BCUT2D eigenvalue weighted by atomic mass is 16.3. The molecule has 7 heteroatoms. The van der Waals surface area contributed by atoms with Gasteiger partial charge in [-0.05, 0) is 87.5 Å². The minimum Gasteiger partial charge on any atom is -0.508 e. The predicted octanol–water partition coefficient (Wildman–Crippen LogP) is 4.50. The Morgan fingerprint density at radius 1 is 1.22 bits per heavy atom. The molecule has 1 unspecified atom stereocenters. The molecule has 7 nitrogen and oxygen atoms in total. The molecule has 2 aliphatic rings. The zero-order chi connectivity index (χ0) is 26.4. The number of amides is 2. The number of carbonyl (C=O) groups excluding carboxylic acids is 2. The fourth-order valence-electron chi connectivity index (χ4n) is 5.36. The minimum absolute atomic E-state index is 0.0922. The van der Waals surface area contributed by atoms with Crippen LogP contribution in [0.15, 0.2) is 46.1 Å². The highest BCUT2D eigenvalue weighted by Crippen LogP contribution is 2.43. The van der Waals surface area contributed by atoms with Gasteiger partial charge in [0, 0.05) is 36.0 Å². The molecule has 36 heavy (non-hydrogen) atoms. The van der Waals surface area contributed by atoms with Gasteiger partial charge >= 0.3 is 0 Å². The fourth-order valence-corrected chi connectivity index (χ4v) is 5.36. The van der Waals surface area contributed by atoms with Crippen LogP contribution in [0.5, 0.6) is 5.75 Å². The van der Waals surface area contributed by atoms with Crippen LogP contribution < -0.4 is 16.4 Å². The van der Waals surface area contributed by atoms with Gasteiger partial charge in [-0.2, -0.15) is 0 Å². The van der Waals surface area contributed by atoms with Crippen LogP contribution in [0.3, 0.4) is 0 Å². The molecule has 0 spiro atoms.